The Labute approximate surface area is 224 Å². The number of aryl methyl sites for hydroxylation is 1. The minimum atomic E-state index is -0.961. The zero-order chi connectivity index (χ0) is 27.1. The third-order valence-corrected chi connectivity index (χ3v) is 7.18. The molecule has 0 bridgehead atoms. The number of rotatable bonds is 8. The molecule has 3 aromatic rings. The molecule has 0 aliphatic carbocycles. The number of nitrogens with zero attached hydrogens (tertiary/aromatic N) is 1. The van der Waals surface area contributed by atoms with Gasteiger partial charge in [0.05, 0.1) is 45.6 Å². The van der Waals surface area contributed by atoms with Gasteiger partial charge in [-0.1, -0.05) is 55.8 Å². The minimum absolute atomic E-state index is 0.291. The second kappa shape index (κ2) is 12.3. The van der Waals surface area contributed by atoms with Crippen LogP contribution in [0.5, 0.6) is 11.5 Å². The van der Waals surface area contributed by atoms with Crippen LogP contribution in [0, 0.1) is 0 Å². The van der Waals surface area contributed by atoms with Gasteiger partial charge in [-0.15, -0.1) is 0 Å². The van der Waals surface area contributed by atoms with E-state index in [4.69, 9.17) is 14.2 Å². The minimum Gasteiger partial charge on any atom is -0.496 e. The van der Waals surface area contributed by atoms with Gasteiger partial charge < -0.3 is 29.0 Å². The van der Waals surface area contributed by atoms with Crippen molar-refractivity contribution >= 4 is 11.7 Å². The van der Waals surface area contributed by atoms with Crippen molar-refractivity contribution in [2.24, 2.45) is 0 Å². The molecule has 1 saturated heterocycles. The SMILES string of the molecule is CCCCc1ccc(OC)c(CN2c3ccccc3C3(O)CCOC23)c1OC.COC(=O)c1ccccc1. The first-order valence-electron chi connectivity index (χ1n) is 13.0. The molecule has 7 nitrogen and oxygen atoms in total. The standard InChI is InChI=1S/C23H29NO4.C8H8O2/c1-4-5-8-16-11-12-20(26-2)17(21(16)27-3)15-24-19-10-7-6-9-18(19)23(25)13-14-28-22(23)24;1-10-8(9)7-5-3-2-4-6-7/h6-7,9-12,22,25H,4-5,8,13-15H2,1-3H3;2-6H,1H3. The van der Waals surface area contributed by atoms with E-state index >= 15 is 0 Å². The third-order valence-electron chi connectivity index (χ3n) is 7.18. The van der Waals surface area contributed by atoms with E-state index in [1.165, 1.54) is 12.7 Å². The number of fused-ring (bicyclic) bond motifs is 3. The Kier molecular flexibility index (Phi) is 8.92. The molecule has 1 N–H and O–H groups in total. The van der Waals surface area contributed by atoms with E-state index in [-0.39, 0.29) is 5.97 Å². The van der Waals surface area contributed by atoms with Crippen LogP contribution in [0.2, 0.25) is 0 Å². The lowest BCUT2D eigenvalue weighted by molar-refractivity contribution is -0.0314. The van der Waals surface area contributed by atoms with Crippen LogP contribution in [0.3, 0.4) is 0 Å². The molecule has 2 aliphatic heterocycles. The van der Waals surface area contributed by atoms with Crippen LogP contribution in [0.25, 0.3) is 0 Å². The maximum atomic E-state index is 11.3. The maximum Gasteiger partial charge on any atom is 0.337 e. The molecule has 3 aromatic carbocycles. The number of ether oxygens (including phenoxy) is 4. The number of esters is 1. The number of hydrogen-bond donors (Lipinski definition) is 1. The van der Waals surface area contributed by atoms with Crippen molar-refractivity contribution in [3.8, 4) is 11.5 Å². The molecule has 0 radical (unpaired) electrons. The van der Waals surface area contributed by atoms with Gasteiger partial charge in [0.2, 0.25) is 0 Å². The number of unbranched alkanes of at least 4 members (excludes halogenated alkanes) is 1. The molecule has 0 spiro atoms. The molecule has 2 aliphatic rings. The summed E-state index contributed by atoms with van der Waals surface area (Å²) >= 11 is 0. The van der Waals surface area contributed by atoms with Crippen LogP contribution in [0.15, 0.2) is 66.7 Å². The van der Waals surface area contributed by atoms with Gasteiger partial charge in [-0.05, 0) is 42.7 Å². The monoisotopic (exact) mass is 519 g/mol. The molecule has 0 saturated carbocycles. The number of benzene rings is 3. The molecule has 7 heteroatoms. The molecule has 0 aromatic heterocycles. The second-order valence-corrected chi connectivity index (χ2v) is 9.44. The lowest BCUT2D eigenvalue weighted by Gasteiger charge is -2.30. The van der Waals surface area contributed by atoms with Gasteiger partial charge in [0.15, 0.2) is 6.23 Å². The van der Waals surface area contributed by atoms with Crippen LogP contribution in [0.1, 0.15) is 53.2 Å². The molecular weight excluding hydrogens is 482 g/mol. The lowest BCUT2D eigenvalue weighted by atomic mass is 9.93. The predicted octanol–water partition coefficient (Wildman–Crippen LogP) is 5.47. The number of carbonyl (C=O) groups excluding carboxylic acids is 1. The van der Waals surface area contributed by atoms with Crippen LogP contribution in [0.4, 0.5) is 5.69 Å². The third kappa shape index (κ3) is 5.35. The fourth-order valence-corrected chi connectivity index (χ4v) is 5.27. The van der Waals surface area contributed by atoms with Gasteiger partial charge in [-0.2, -0.15) is 0 Å². The number of carbonyl (C=O) groups is 1. The van der Waals surface area contributed by atoms with Crippen LogP contribution >= 0.6 is 0 Å². The Hall–Kier alpha value is -3.55. The van der Waals surface area contributed by atoms with E-state index in [0.717, 1.165) is 47.6 Å². The average molecular weight is 520 g/mol. The quantitative estimate of drug-likeness (QED) is 0.395. The van der Waals surface area contributed by atoms with Gasteiger partial charge >= 0.3 is 5.97 Å². The Morgan fingerprint density at radius 2 is 1.76 bits per heavy atom. The summed E-state index contributed by atoms with van der Waals surface area (Å²) in [5.41, 5.74) is 3.76. The van der Waals surface area contributed by atoms with Crippen LogP contribution < -0.4 is 14.4 Å². The summed E-state index contributed by atoms with van der Waals surface area (Å²) in [4.78, 5) is 12.9. The van der Waals surface area contributed by atoms with Crippen molar-refractivity contribution in [2.75, 3.05) is 32.8 Å². The first-order valence-corrected chi connectivity index (χ1v) is 13.0. The highest BCUT2D eigenvalue weighted by atomic mass is 16.5. The Morgan fingerprint density at radius 3 is 2.45 bits per heavy atom. The Balaban J connectivity index is 0.000000283. The predicted molar refractivity (Wildman–Crippen MR) is 147 cm³/mol. The lowest BCUT2D eigenvalue weighted by Crippen LogP contribution is -2.41. The van der Waals surface area contributed by atoms with E-state index in [1.54, 1.807) is 38.5 Å². The second-order valence-electron chi connectivity index (χ2n) is 9.44. The van der Waals surface area contributed by atoms with E-state index in [0.29, 0.717) is 25.1 Å². The molecule has 1 fully saturated rings. The van der Waals surface area contributed by atoms with Crippen molar-refractivity contribution < 1.29 is 28.8 Å². The number of hydrogen-bond acceptors (Lipinski definition) is 7. The van der Waals surface area contributed by atoms with Gasteiger partial charge in [-0.25, -0.2) is 4.79 Å². The summed E-state index contributed by atoms with van der Waals surface area (Å²) in [7, 11) is 4.77. The highest BCUT2D eigenvalue weighted by Gasteiger charge is 2.54. The molecule has 5 rings (SSSR count). The molecule has 2 atom stereocenters. The topological polar surface area (TPSA) is 77.5 Å². The number of methoxy groups -OCH3 is 3. The highest BCUT2D eigenvalue weighted by molar-refractivity contribution is 5.89. The fraction of sp³-hybridized carbons (Fsp3) is 0.387. The number of para-hydroxylation sites is 1. The summed E-state index contributed by atoms with van der Waals surface area (Å²) in [5, 5.41) is 11.3. The smallest absolute Gasteiger partial charge is 0.337 e. The van der Waals surface area contributed by atoms with Crippen molar-refractivity contribution in [1.29, 1.82) is 0 Å². The van der Waals surface area contributed by atoms with Gasteiger partial charge in [-0.3, -0.25) is 0 Å². The molecule has 2 unspecified atom stereocenters. The highest BCUT2D eigenvalue weighted by Crippen LogP contribution is 2.50. The van der Waals surface area contributed by atoms with E-state index in [9.17, 15) is 9.90 Å². The largest absolute Gasteiger partial charge is 0.496 e. The van der Waals surface area contributed by atoms with Gasteiger partial charge in [0.25, 0.3) is 0 Å². The van der Waals surface area contributed by atoms with E-state index in [1.807, 2.05) is 30.3 Å². The van der Waals surface area contributed by atoms with Crippen molar-refractivity contribution in [3.05, 3.63) is 89.0 Å². The van der Waals surface area contributed by atoms with Crippen LogP contribution in [-0.2, 0) is 28.0 Å². The average Bonchev–Trinajstić information content (AvgIpc) is 3.46. The number of aliphatic hydroxyl groups is 1. The fourth-order valence-electron chi connectivity index (χ4n) is 5.27. The summed E-state index contributed by atoms with van der Waals surface area (Å²) in [5.74, 6) is 1.38. The molecule has 38 heavy (non-hydrogen) atoms. The normalized spacial score (nSPS) is 19.2. The van der Waals surface area contributed by atoms with Crippen molar-refractivity contribution in [3.63, 3.8) is 0 Å². The van der Waals surface area contributed by atoms with E-state index in [2.05, 4.69) is 28.7 Å². The Morgan fingerprint density at radius 1 is 1.03 bits per heavy atom. The first-order chi connectivity index (χ1) is 18.5. The van der Waals surface area contributed by atoms with Gasteiger partial charge in [0.1, 0.15) is 17.1 Å². The van der Waals surface area contributed by atoms with Crippen LogP contribution in [-0.4, -0.2) is 45.2 Å². The summed E-state index contributed by atoms with van der Waals surface area (Å²) < 4.78 is 22.0. The van der Waals surface area contributed by atoms with Gasteiger partial charge in [0, 0.05) is 17.7 Å². The van der Waals surface area contributed by atoms with E-state index < -0.39 is 11.8 Å². The zero-order valence-electron chi connectivity index (χ0n) is 22.6. The molecular formula is C31H37NO6. The Bertz CT molecular complexity index is 1230. The first kappa shape index (κ1) is 27.5. The molecule has 0 amide bonds. The summed E-state index contributed by atoms with van der Waals surface area (Å²) in [6.07, 6.45) is 3.43. The summed E-state index contributed by atoms with van der Waals surface area (Å²) in [6.45, 7) is 3.30. The van der Waals surface area contributed by atoms with Crippen molar-refractivity contribution in [1.82, 2.24) is 0 Å². The zero-order valence-corrected chi connectivity index (χ0v) is 22.6. The molecule has 2 heterocycles. The van der Waals surface area contributed by atoms with Crippen molar-refractivity contribution in [2.45, 2.75) is 51.0 Å². The number of anilines is 1. The molecule has 202 valence electrons. The maximum absolute atomic E-state index is 11.3. The summed E-state index contributed by atoms with van der Waals surface area (Å²) in [6, 6.07) is 21.0.